The molecule has 0 radical (unpaired) electrons. The first-order valence-corrected chi connectivity index (χ1v) is 7.69. The first-order chi connectivity index (χ1) is 10.1. The van der Waals surface area contributed by atoms with Crippen molar-refractivity contribution >= 4 is 0 Å². The summed E-state index contributed by atoms with van der Waals surface area (Å²) in [5.74, 6) is 2.36. The second kappa shape index (κ2) is 7.28. The minimum Gasteiger partial charge on any atom is -0.457 e. The molecule has 2 aromatic carbocycles. The smallest absolute Gasteiger partial charge is 0.127 e. The van der Waals surface area contributed by atoms with Crippen LogP contribution in [0.2, 0.25) is 0 Å². The highest BCUT2D eigenvalue weighted by molar-refractivity contribution is 5.36. The fraction of sp³-hybridized carbons (Fsp3) is 0.368. The van der Waals surface area contributed by atoms with E-state index in [1.807, 2.05) is 19.2 Å². The van der Waals surface area contributed by atoms with E-state index in [1.165, 1.54) is 11.1 Å². The summed E-state index contributed by atoms with van der Waals surface area (Å²) in [5.41, 5.74) is 2.59. The van der Waals surface area contributed by atoms with Crippen LogP contribution in [-0.4, -0.2) is 7.05 Å². The van der Waals surface area contributed by atoms with Gasteiger partial charge in [-0.1, -0.05) is 38.1 Å². The lowest BCUT2D eigenvalue weighted by atomic mass is 9.99. The third-order valence-electron chi connectivity index (χ3n) is 4.09. The van der Waals surface area contributed by atoms with Crippen molar-refractivity contribution in [2.45, 2.75) is 39.2 Å². The number of nitrogens with one attached hydrogen (secondary N) is 1. The Morgan fingerprint density at radius 3 is 2.29 bits per heavy atom. The van der Waals surface area contributed by atoms with Crippen molar-refractivity contribution < 1.29 is 4.74 Å². The van der Waals surface area contributed by atoms with Gasteiger partial charge in [-0.2, -0.15) is 0 Å². The summed E-state index contributed by atoms with van der Waals surface area (Å²) in [4.78, 5) is 0. The van der Waals surface area contributed by atoms with Crippen LogP contribution >= 0.6 is 0 Å². The average Bonchev–Trinajstić information content (AvgIpc) is 2.54. The van der Waals surface area contributed by atoms with Crippen LogP contribution in [0.4, 0.5) is 0 Å². The van der Waals surface area contributed by atoms with Gasteiger partial charge in [-0.3, -0.25) is 0 Å². The van der Waals surface area contributed by atoms with Crippen LogP contribution < -0.4 is 10.1 Å². The summed E-state index contributed by atoms with van der Waals surface area (Å²) in [5, 5.41) is 3.24. The molecule has 2 atom stereocenters. The molecule has 2 heteroatoms. The summed E-state index contributed by atoms with van der Waals surface area (Å²) in [6, 6.07) is 17.0. The molecule has 0 bridgehead atoms. The molecule has 0 aliphatic heterocycles. The normalized spacial score (nSPS) is 13.7. The second-order valence-electron chi connectivity index (χ2n) is 5.56. The van der Waals surface area contributed by atoms with Gasteiger partial charge in [0.25, 0.3) is 0 Å². The van der Waals surface area contributed by atoms with Crippen molar-refractivity contribution in [1.29, 1.82) is 0 Å². The predicted octanol–water partition coefficient (Wildman–Crippen LogP) is 5.27. The van der Waals surface area contributed by atoms with E-state index in [4.69, 9.17) is 4.74 Å². The lowest BCUT2D eigenvalue weighted by molar-refractivity contribution is 0.480. The van der Waals surface area contributed by atoms with Crippen molar-refractivity contribution in [2.24, 2.45) is 0 Å². The number of benzene rings is 2. The summed E-state index contributed by atoms with van der Waals surface area (Å²) in [6.45, 7) is 6.60. The summed E-state index contributed by atoms with van der Waals surface area (Å²) in [7, 11) is 1.96. The maximum Gasteiger partial charge on any atom is 0.127 e. The summed E-state index contributed by atoms with van der Waals surface area (Å²) < 4.78 is 5.95. The van der Waals surface area contributed by atoms with Gasteiger partial charge in [-0.25, -0.2) is 0 Å². The molecule has 0 fully saturated rings. The minimum absolute atomic E-state index is 0.321. The molecule has 0 aromatic heterocycles. The molecule has 0 heterocycles. The number of hydrogen-bond donors (Lipinski definition) is 1. The molecule has 2 aromatic rings. The number of ether oxygens (including phenoxy) is 1. The van der Waals surface area contributed by atoms with Crippen molar-refractivity contribution in [2.75, 3.05) is 7.05 Å². The molecule has 0 saturated carbocycles. The van der Waals surface area contributed by atoms with E-state index >= 15 is 0 Å². The lowest BCUT2D eigenvalue weighted by Crippen LogP contribution is -2.11. The molecule has 2 rings (SSSR count). The van der Waals surface area contributed by atoms with Gasteiger partial charge in [0, 0.05) is 6.04 Å². The topological polar surface area (TPSA) is 21.3 Å². The monoisotopic (exact) mass is 283 g/mol. The number of rotatable bonds is 6. The van der Waals surface area contributed by atoms with Gasteiger partial charge in [0.15, 0.2) is 0 Å². The molecule has 0 aliphatic rings. The molecule has 0 saturated heterocycles. The van der Waals surface area contributed by atoms with Gasteiger partial charge in [-0.15, -0.1) is 0 Å². The lowest BCUT2D eigenvalue weighted by Gasteiger charge is -2.13. The van der Waals surface area contributed by atoms with Gasteiger partial charge >= 0.3 is 0 Å². The third kappa shape index (κ3) is 4.08. The highest BCUT2D eigenvalue weighted by atomic mass is 16.5. The quantitative estimate of drug-likeness (QED) is 0.779. The van der Waals surface area contributed by atoms with E-state index in [9.17, 15) is 0 Å². The van der Waals surface area contributed by atoms with Crippen molar-refractivity contribution in [3.05, 3.63) is 59.7 Å². The highest BCUT2D eigenvalue weighted by Crippen LogP contribution is 2.26. The van der Waals surface area contributed by atoms with Crippen LogP contribution in [-0.2, 0) is 0 Å². The van der Waals surface area contributed by atoms with Crippen molar-refractivity contribution in [3.8, 4) is 11.5 Å². The fourth-order valence-corrected chi connectivity index (χ4v) is 2.25. The van der Waals surface area contributed by atoms with Crippen LogP contribution in [0.5, 0.6) is 11.5 Å². The average molecular weight is 283 g/mol. The predicted molar refractivity (Wildman–Crippen MR) is 89.1 cm³/mol. The Hall–Kier alpha value is -1.80. The molecular weight excluding hydrogens is 258 g/mol. The zero-order valence-electron chi connectivity index (χ0n) is 13.4. The Balaban J connectivity index is 2.11. The van der Waals surface area contributed by atoms with E-state index in [-0.39, 0.29) is 0 Å². The second-order valence-corrected chi connectivity index (χ2v) is 5.56. The van der Waals surface area contributed by atoms with E-state index in [2.05, 4.69) is 62.5 Å². The Bertz CT molecular complexity index is 562. The maximum absolute atomic E-state index is 5.95. The van der Waals surface area contributed by atoms with Gasteiger partial charge in [-0.05, 0) is 61.7 Å². The Labute approximate surface area is 128 Å². The number of hydrogen-bond acceptors (Lipinski definition) is 2. The van der Waals surface area contributed by atoms with Crippen LogP contribution in [0.3, 0.4) is 0 Å². The first-order valence-electron chi connectivity index (χ1n) is 7.69. The van der Waals surface area contributed by atoms with Crippen LogP contribution in [0.15, 0.2) is 48.5 Å². The third-order valence-corrected chi connectivity index (χ3v) is 4.09. The Kier molecular flexibility index (Phi) is 5.40. The molecule has 0 amide bonds. The Morgan fingerprint density at radius 2 is 1.67 bits per heavy atom. The first kappa shape index (κ1) is 15.6. The molecule has 2 nitrogen and oxygen atoms in total. The van der Waals surface area contributed by atoms with E-state index in [0.717, 1.165) is 17.9 Å². The highest BCUT2D eigenvalue weighted by Gasteiger charge is 2.06. The standard InChI is InChI=1S/C19H25NO/c1-5-14(2)16-9-11-18(12-10-16)21-19-8-6-7-17(13-19)15(3)20-4/h6-15,20H,5H2,1-4H3. The van der Waals surface area contributed by atoms with E-state index in [1.54, 1.807) is 0 Å². The summed E-state index contributed by atoms with van der Waals surface area (Å²) in [6.07, 6.45) is 1.16. The summed E-state index contributed by atoms with van der Waals surface area (Å²) >= 11 is 0. The van der Waals surface area contributed by atoms with Gasteiger partial charge in [0.1, 0.15) is 11.5 Å². The SMILES string of the molecule is CCC(C)c1ccc(Oc2cccc(C(C)NC)c2)cc1. The van der Waals surface area contributed by atoms with Crippen LogP contribution in [0, 0.1) is 0 Å². The molecule has 0 aliphatic carbocycles. The van der Waals surface area contributed by atoms with E-state index < -0.39 is 0 Å². The van der Waals surface area contributed by atoms with Gasteiger partial charge in [0.05, 0.1) is 0 Å². The molecule has 0 spiro atoms. The van der Waals surface area contributed by atoms with Gasteiger partial charge in [0.2, 0.25) is 0 Å². The van der Waals surface area contributed by atoms with Crippen LogP contribution in [0.25, 0.3) is 0 Å². The largest absolute Gasteiger partial charge is 0.457 e. The molecule has 112 valence electrons. The van der Waals surface area contributed by atoms with Gasteiger partial charge < -0.3 is 10.1 Å². The minimum atomic E-state index is 0.321. The fourth-order valence-electron chi connectivity index (χ4n) is 2.25. The zero-order valence-corrected chi connectivity index (χ0v) is 13.4. The van der Waals surface area contributed by atoms with E-state index in [0.29, 0.717) is 12.0 Å². The van der Waals surface area contributed by atoms with Crippen LogP contribution in [0.1, 0.15) is 50.3 Å². The van der Waals surface area contributed by atoms with Crippen molar-refractivity contribution in [1.82, 2.24) is 5.32 Å². The molecule has 21 heavy (non-hydrogen) atoms. The van der Waals surface area contributed by atoms with Crippen molar-refractivity contribution in [3.63, 3.8) is 0 Å². The zero-order chi connectivity index (χ0) is 15.2. The molecular formula is C19H25NO. The Morgan fingerprint density at radius 1 is 0.952 bits per heavy atom. The maximum atomic E-state index is 5.95. The molecule has 2 unspecified atom stereocenters. The molecule has 1 N–H and O–H groups in total.